The van der Waals surface area contributed by atoms with Crippen molar-refractivity contribution in [2.24, 2.45) is 4.99 Å². The molecule has 0 spiro atoms. The standard InChI is InChI=1S/C23H29N7O3/c1-2-4-20-19(3-1)18(16-25-20)15-24-17-21-26-22(30-8-12-32-13-9-30)28-23(27-21)33-14-7-29-5-10-31-11-6-29/h1-4,16-17,25H,5-15H2. The first-order valence-corrected chi connectivity index (χ1v) is 11.4. The Bertz CT molecular complexity index is 1070. The molecule has 2 aliphatic rings. The second-order valence-electron chi connectivity index (χ2n) is 8.01. The largest absolute Gasteiger partial charge is 0.462 e. The lowest BCUT2D eigenvalue weighted by Crippen LogP contribution is -2.39. The molecule has 2 aromatic heterocycles. The Morgan fingerprint density at radius 1 is 1.00 bits per heavy atom. The predicted molar refractivity (Wildman–Crippen MR) is 125 cm³/mol. The predicted octanol–water partition coefficient (Wildman–Crippen LogP) is 1.52. The highest BCUT2D eigenvalue weighted by Gasteiger charge is 2.17. The molecule has 0 radical (unpaired) electrons. The Morgan fingerprint density at radius 3 is 2.64 bits per heavy atom. The Morgan fingerprint density at radius 2 is 1.79 bits per heavy atom. The maximum atomic E-state index is 5.92. The fourth-order valence-electron chi connectivity index (χ4n) is 3.97. The molecule has 3 aromatic rings. The molecular formula is C23H29N7O3. The van der Waals surface area contributed by atoms with Gasteiger partial charge in [0.15, 0.2) is 5.82 Å². The third-order valence-electron chi connectivity index (χ3n) is 5.80. The van der Waals surface area contributed by atoms with E-state index in [2.05, 4.69) is 46.9 Å². The molecule has 174 valence electrons. The van der Waals surface area contributed by atoms with Crippen molar-refractivity contribution in [2.45, 2.75) is 6.54 Å². The smallest absolute Gasteiger partial charge is 0.321 e. The Hall–Kier alpha value is -3.08. The van der Waals surface area contributed by atoms with Crippen molar-refractivity contribution in [3.8, 4) is 6.01 Å². The summed E-state index contributed by atoms with van der Waals surface area (Å²) < 4.78 is 16.8. The fourth-order valence-corrected chi connectivity index (χ4v) is 3.97. The van der Waals surface area contributed by atoms with Crippen molar-refractivity contribution in [3.63, 3.8) is 0 Å². The van der Waals surface area contributed by atoms with Gasteiger partial charge in [0.1, 0.15) is 6.61 Å². The van der Waals surface area contributed by atoms with Crippen molar-refractivity contribution in [3.05, 3.63) is 41.9 Å². The number of morpholine rings is 2. The molecule has 0 aliphatic carbocycles. The first-order chi connectivity index (χ1) is 16.3. The second-order valence-corrected chi connectivity index (χ2v) is 8.01. The van der Waals surface area contributed by atoms with Gasteiger partial charge >= 0.3 is 6.01 Å². The van der Waals surface area contributed by atoms with Crippen LogP contribution in [-0.2, 0) is 16.0 Å². The maximum absolute atomic E-state index is 5.92. The number of para-hydroxylation sites is 1. The first-order valence-electron chi connectivity index (χ1n) is 11.4. The Balaban J connectivity index is 1.29. The monoisotopic (exact) mass is 451 g/mol. The zero-order valence-electron chi connectivity index (χ0n) is 18.7. The molecule has 0 amide bonds. The summed E-state index contributed by atoms with van der Waals surface area (Å²) in [5.74, 6) is 1.09. The minimum atomic E-state index is 0.327. The number of benzene rings is 1. The molecule has 1 N–H and O–H groups in total. The van der Waals surface area contributed by atoms with Crippen LogP contribution >= 0.6 is 0 Å². The van der Waals surface area contributed by atoms with Gasteiger partial charge in [-0.2, -0.15) is 15.0 Å². The molecule has 0 atom stereocenters. The van der Waals surface area contributed by atoms with Crippen LogP contribution < -0.4 is 9.64 Å². The summed E-state index contributed by atoms with van der Waals surface area (Å²) in [5, 5.41) is 1.17. The number of ether oxygens (including phenoxy) is 3. The van der Waals surface area contributed by atoms with E-state index in [4.69, 9.17) is 14.2 Å². The Kier molecular flexibility index (Phi) is 7.05. The first kappa shape index (κ1) is 21.7. The van der Waals surface area contributed by atoms with Gasteiger partial charge in [-0.15, -0.1) is 0 Å². The van der Waals surface area contributed by atoms with E-state index in [0.717, 1.165) is 57.0 Å². The van der Waals surface area contributed by atoms with Crippen LogP contribution in [0.15, 0.2) is 35.5 Å². The van der Waals surface area contributed by atoms with E-state index in [1.807, 2.05) is 18.3 Å². The van der Waals surface area contributed by atoms with E-state index in [0.29, 0.717) is 44.1 Å². The number of hydrogen-bond acceptors (Lipinski definition) is 9. The van der Waals surface area contributed by atoms with E-state index in [1.165, 1.54) is 5.39 Å². The van der Waals surface area contributed by atoms with Crippen LogP contribution in [-0.4, -0.2) is 96.8 Å². The summed E-state index contributed by atoms with van der Waals surface area (Å²) in [6.45, 7) is 8.03. The van der Waals surface area contributed by atoms with E-state index >= 15 is 0 Å². The molecule has 10 heteroatoms. The van der Waals surface area contributed by atoms with Gasteiger partial charge in [0.2, 0.25) is 5.95 Å². The molecule has 33 heavy (non-hydrogen) atoms. The summed E-state index contributed by atoms with van der Waals surface area (Å²) in [5.41, 5.74) is 2.24. The van der Waals surface area contributed by atoms with Crippen molar-refractivity contribution in [2.75, 3.05) is 70.7 Å². The van der Waals surface area contributed by atoms with Gasteiger partial charge in [0.05, 0.1) is 39.2 Å². The van der Waals surface area contributed by atoms with Gasteiger partial charge in [-0.25, -0.2) is 0 Å². The van der Waals surface area contributed by atoms with Crippen LogP contribution in [0, 0.1) is 0 Å². The van der Waals surface area contributed by atoms with E-state index in [9.17, 15) is 0 Å². The van der Waals surface area contributed by atoms with Crippen LogP contribution in [0.25, 0.3) is 10.9 Å². The molecule has 0 bridgehead atoms. The average Bonchev–Trinajstić information content (AvgIpc) is 3.28. The SMILES string of the molecule is C(=NCc1c[nH]c2ccccc12)c1nc(OCCN2CCOCC2)nc(N2CCOCC2)n1. The lowest BCUT2D eigenvalue weighted by molar-refractivity contribution is 0.0317. The minimum absolute atomic E-state index is 0.327. The van der Waals surface area contributed by atoms with Gasteiger partial charge in [0.25, 0.3) is 0 Å². The number of rotatable bonds is 8. The van der Waals surface area contributed by atoms with Crippen LogP contribution in [0.4, 0.5) is 5.95 Å². The van der Waals surface area contributed by atoms with Gasteiger partial charge in [-0.05, 0) is 11.6 Å². The number of H-pyrrole nitrogens is 1. The van der Waals surface area contributed by atoms with Gasteiger partial charge in [-0.3, -0.25) is 9.89 Å². The summed E-state index contributed by atoms with van der Waals surface area (Å²) in [7, 11) is 0. The normalized spacial score (nSPS) is 17.8. The number of aliphatic imine (C=N–C) groups is 1. The fraction of sp³-hybridized carbons (Fsp3) is 0.478. The molecule has 10 nitrogen and oxygen atoms in total. The van der Waals surface area contributed by atoms with Crippen molar-refractivity contribution in [1.29, 1.82) is 0 Å². The molecule has 0 unspecified atom stereocenters. The van der Waals surface area contributed by atoms with E-state index in [-0.39, 0.29) is 0 Å². The highest BCUT2D eigenvalue weighted by molar-refractivity contribution is 5.83. The topological polar surface area (TPSA) is 101 Å². The number of aromatic amines is 1. The van der Waals surface area contributed by atoms with Gasteiger partial charge < -0.3 is 24.1 Å². The highest BCUT2D eigenvalue weighted by Crippen LogP contribution is 2.18. The zero-order valence-corrected chi connectivity index (χ0v) is 18.7. The quantitative estimate of drug-likeness (QED) is 0.515. The summed E-state index contributed by atoms with van der Waals surface area (Å²) >= 11 is 0. The zero-order chi connectivity index (χ0) is 22.3. The summed E-state index contributed by atoms with van der Waals surface area (Å²) in [4.78, 5) is 26.0. The average molecular weight is 452 g/mol. The lowest BCUT2D eigenvalue weighted by atomic mass is 10.2. The van der Waals surface area contributed by atoms with Crippen molar-refractivity contribution >= 4 is 23.1 Å². The second kappa shape index (κ2) is 10.7. The molecule has 1 aromatic carbocycles. The maximum Gasteiger partial charge on any atom is 0.321 e. The molecule has 2 saturated heterocycles. The summed E-state index contributed by atoms with van der Waals surface area (Å²) in [6, 6.07) is 8.53. The lowest BCUT2D eigenvalue weighted by Gasteiger charge is -2.27. The van der Waals surface area contributed by atoms with Crippen molar-refractivity contribution in [1.82, 2.24) is 24.8 Å². The molecule has 4 heterocycles. The number of anilines is 1. The van der Waals surface area contributed by atoms with Crippen molar-refractivity contribution < 1.29 is 14.2 Å². The number of nitrogens with one attached hydrogen (secondary N) is 1. The van der Waals surface area contributed by atoms with Crippen LogP contribution in [0.5, 0.6) is 6.01 Å². The van der Waals surface area contributed by atoms with Crippen LogP contribution in [0.2, 0.25) is 0 Å². The molecule has 2 aliphatic heterocycles. The minimum Gasteiger partial charge on any atom is -0.462 e. The molecule has 0 saturated carbocycles. The number of hydrogen-bond donors (Lipinski definition) is 1. The highest BCUT2D eigenvalue weighted by atomic mass is 16.5. The third kappa shape index (κ3) is 5.65. The molecule has 2 fully saturated rings. The number of nitrogens with zero attached hydrogens (tertiary/aromatic N) is 6. The van der Waals surface area contributed by atoms with Gasteiger partial charge in [0, 0.05) is 49.8 Å². The summed E-state index contributed by atoms with van der Waals surface area (Å²) in [6.07, 6.45) is 3.69. The van der Waals surface area contributed by atoms with Crippen LogP contribution in [0.1, 0.15) is 11.4 Å². The Labute approximate surface area is 192 Å². The van der Waals surface area contributed by atoms with Gasteiger partial charge in [-0.1, -0.05) is 18.2 Å². The van der Waals surface area contributed by atoms with E-state index < -0.39 is 0 Å². The number of aromatic nitrogens is 4. The molecule has 5 rings (SSSR count). The molecular weight excluding hydrogens is 422 g/mol. The van der Waals surface area contributed by atoms with Crippen LogP contribution in [0.3, 0.4) is 0 Å². The third-order valence-corrected chi connectivity index (χ3v) is 5.80. The van der Waals surface area contributed by atoms with E-state index in [1.54, 1.807) is 6.21 Å². The number of fused-ring (bicyclic) bond motifs is 1.